The van der Waals surface area contributed by atoms with E-state index in [9.17, 15) is 9.59 Å². The van der Waals surface area contributed by atoms with E-state index in [2.05, 4.69) is 0 Å². The van der Waals surface area contributed by atoms with Crippen LogP contribution < -0.4 is 0 Å². The van der Waals surface area contributed by atoms with Gasteiger partial charge in [-0.15, -0.1) is 0 Å². The standard InChI is InChI=1S/C8H8O.C7H4Cl2O/c1-7-2-4-8(6-9)5-3-7;8-6-2-1-5(4-10)7(9)3-6/h2-6H,1H3;1-4H. The third kappa shape index (κ3) is 5.25. The summed E-state index contributed by atoms with van der Waals surface area (Å²) in [6.45, 7) is 1.99. The fourth-order valence-electron chi connectivity index (χ4n) is 1.24. The van der Waals surface area contributed by atoms with Gasteiger partial charge in [-0.05, 0) is 25.1 Å². The zero-order valence-corrected chi connectivity index (χ0v) is 11.8. The maximum atomic E-state index is 10.2. The molecular formula is C15H12Cl2O2. The molecule has 0 saturated carbocycles. The Hall–Kier alpha value is -1.64. The highest BCUT2D eigenvalue weighted by Gasteiger charge is 1.97. The lowest BCUT2D eigenvalue weighted by atomic mass is 10.2. The van der Waals surface area contributed by atoms with Crippen LogP contribution in [0.2, 0.25) is 10.0 Å². The van der Waals surface area contributed by atoms with E-state index in [1.165, 1.54) is 11.6 Å². The van der Waals surface area contributed by atoms with Crippen molar-refractivity contribution < 1.29 is 9.59 Å². The molecule has 2 aromatic carbocycles. The Balaban J connectivity index is 0.000000191. The lowest BCUT2D eigenvalue weighted by Crippen LogP contribution is -1.79. The summed E-state index contributed by atoms with van der Waals surface area (Å²) < 4.78 is 0. The minimum Gasteiger partial charge on any atom is -0.298 e. The van der Waals surface area contributed by atoms with E-state index < -0.39 is 0 Å². The van der Waals surface area contributed by atoms with E-state index in [-0.39, 0.29) is 0 Å². The van der Waals surface area contributed by atoms with Crippen LogP contribution in [0.1, 0.15) is 26.3 Å². The molecule has 0 fully saturated rings. The molecule has 0 aromatic heterocycles. The number of carbonyl (C=O) groups excluding carboxylic acids is 2. The van der Waals surface area contributed by atoms with Gasteiger partial charge in [0, 0.05) is 16.1 Å². The van der Waals surface area contributed by atoms with E-state index in [4.69, 9.17) is 23.2 Å². The monoisotopic (exact) mass is 294 g/mol. The van der Waals surface area contributed by atoms with Crippen LogP contribution in [-0.2, 0) is 0 Å². The lowest BCUT2D eigenvalue weighted by molar-refractivity contribution is 0.111. The third-order valence-electron chi connectivity index (χ3n) is 2.30. The second kappa shape index (κ2) is 7.72. The van der Waals surface area contributed by atoms with Crippen molar-refractivity contribution in [2.24, 2.45) is 0 Å². The zero-order valence-electron chi connectivity index (χ0n) is 10.3. The molecule has 4 heteroatoms. The molecule has 0 aliphatic heterocycles. The number of carbonyl (C=O) groups is 2. The first-order chi connectivity index (χ1) is 9.06. The predicted octanol–water partition coefficient (Wildman–Crippen LogP) is 4.61. The molecule has 0 amide bonds. The Labute approximate surface area is 122 Å². The molecule has 0 radical (unpaired) electrons. The van der Waals surface area contributed by atoms with Gasteiger partial charge >= 0.3 is 0 Å². The third-order valence-corrected chi connectivity index (χ3v) is 2.87. The van der Waals surface area contributed by atoms with Crippen LogP contribution in [0, 0.1) is 6.92 Å². The normalized spacial score (nSPS) is 9.21. The average Bonchev–Trinajstić information content (AvgIpc) is 2.40. The van der Waals surface area contributed by atoms with Gasteiger partial charge in [-0.3, -0.25) is 9.59 Å². The van der Waals surface area contributed by atoms with Crippen LogP contribution in [0.15, 0.2) is 42.5 Å². The second-order valence-electron chi connectivity index (χ2n) is 3.81. The number of rotatable bonds is 2. The number of halogens is 2. The maximum Gasteiger partial charge on any atom is 0.151 e. The highest BCUT2D eigenvalue weighted by molar-refractivity contribution is 6.36. The number of benzene rings is 2. The molecule has 0 bridgehead atoms. The quantitative estimate of drug-likeness (QED) is 0.758. The largest absolute Gasteiger partial charge is 0.298 e. The van der Waals surface area contributed by atoms with Crippen LogP contribution in [0.25, 0.3) is 0 Å². The number of aryl methyl sites for hydroxylation is 1. The summed E-state index contributed by atoms with van der Waals surface area (Å²) in [6.07, 6.45) is 1.54. The van der Waals surface area contributed by atoms with Crippen LogP contribution in [-0.4, -0.2) is 12.6 Å². The van der Waals surface area contributed by atoms with Crippen LogP contribution in [0.5, 0.6) is 0 Å². The smallest absolute Gasteiger partial charge is 0.151 e. The Kier molecular flexibility index (Phi) is 6.26. The lowest BCUT2D eigenvalue weighted by Gasteiger charge is -1.93. The molecule has 0 spiro atoms. The molecule has 2 nitrogen and oxygen atoms in total. The first-order valence-corrected chi connectivity index (χ1v) is 6.24. The van der Waals surface area contributed by atoms with Gasteiger partial charge in [0.25, 0.3) is 0 Å². The van der Waals surface area contributed by atoms with E-state index in [1.807, 2.05) is 31.2 Å². The summed E-state index contributed by atoms with van der Waals surface area (Å²) in [7, 11) is 0. The van der Waals surface area contributed by atoms with Gasteiger partial charge in [0.05, 0.1) is 5.02 Å². The minimum absolute atomic E-state index is 0.391. The van der Waals surface area contributed by atoms with Crippen LogP contribution in [0.4, 0.5) is 0 Å². The molecule has 19 heavy (non-hydrogen) atoms. The first-order valence-electron chi connectivity index (χ1n) is 5.49. The molecular weight excluding hydrogens is 283 g/mol. The Morgan fingerprint density at radius 2 is 1.53 bits per heavy atom. The number of aldehydes is 2. The van der Waals surface area contributed by atoms with Crippen molar-refractivity contribution in [3.63, 3.8) is 0 Å². The summed E-state index contributed by atoms with van der Waals surface area (Å²) >= 11 is 11.2. The molecule has 0 N–H and O–H groups in total. The number of hydrogen-bond donors (Lipinski definition) is 0. The highest BCUT2D eigenvalue weighted by atomic mass is 35.5. The zero-order chi connectivity index (χ0) is 14.3. The Morgan fingerprint density at radius 1 is 0.895 bits per heavy atom. The fraction of sp³-hybridized carbons (Fsp3) is 0.0667. The Morgan fingerprint density at radius 3 is 2.00 bits per heavy atom. The van der Waals surface area contributed by atoms with Gasteiger partial charge in [0.15, 0.2) is 6.29 Å². The summed E-state index contributed by atoms with van der Waals surface area (Å²) in [5, 5.41) is 0.929. The average molecular weight is 295 g/mol. The molecule has 0 aliphatic rings. The molecule has 0 aliphatic carbocycles. The van der Waals surface area contributed by atoms with Gasteiger partial charge in [-0.2, -0.15) is 0 Å². The van der Waals surface area contributed by atoms with Crippen molar-refractivity contribution in [3.05, 3.63) is 69.2 Å². The van der Waals surface area contributed by atoms with Gasteiger partial charge < -0.3 is 0 Å². The van der Waals surface area contributed by atoms with E-state index in [0.29, 0.717) is 21.9 Å². The van der Waals surface area contributed by atoms with Crippen molar-refractivity contribution in [2.45, 2.75) is 6.92 Å². The van der Waals surface area contributed by atoms with E-state index >= 15 is 0 Å². The van der Waals surface area contributed by atoms with E-state index in [1.54, 1.807) is 12.1 Å². The van der Waals surface area contributed by atoms with Gasteiger partial charge in [0.1, 0.15) is 6.29 Å². The van der Waals surface area contributed by atoms with Crippen molar-refractivity contribution >= 4 is 35.8 Å². The maximum absolute atomic E-state index is 10.2. The van der Waals surface area contributed by atoms with Crippen LogP contribution in [0.3, 0.4) is 0 Å². The number of hydrogen-bond acceptors (Lipinski definition) is 2. The highest BCUT2D eigenvalue weighted by Crippen LogP contribution is 2.18. The molecule has 0 saturated heterocycles. The molecule has 2 rings (SSSR count). The molecule has 0 heterocycles. The van der Waals surface area contributed by atoms with Gasteiger partial charge in [-0.25, -0.2) is 0 Å². The molecule has 98 valence electrons. The molecule has 0 unspecified atom stereocenters. The Bertz CT molecular complexity index is 563. The SMILES string of the molecule is Cc1ccc(C=O)cc1.O=Cc1ccc(Cl)cc1Cl. The summed E-state index contributed by atoms with van der Waals surface area (Å²) in [5.41, 5.74) is 2.38. The van der Waals surface area contributed by atoms with Crippen molar-refractivity contribution in [3.8, 4) is 0 Å². The molecule has 0 atom stereocenters. The van der Waals surface area contributed by atoms with E-state index in [0.717, 1.165) is 11.8 Å². The van der Waals surface area contributed by atoms with Gasteiger partial charge in [-0.1, -0.05) is 53.0 Å². The van der Waals surface area contributed by atoms with Crippen molar-refractivity contribution in [1.82, 2.24) is 0 Å². The van der Waals surface area contributed by atoms with Gasteiger partial charge in [0.2, 0.25) is 0 Å². The summed E-state index contributed by atoms with van der Waals surface area (Å²) in [5.74, 6) is 0. The summed E-state index contributed by atoms with van der Waals surface area (Å²) in [4.78, 5) is 20.3. The topological polar surface area (TPSA) is 34.1 Å². The molecule has 2 aromatic rings. The minimum atomic E-state index is 0.391. The predicted molar refractivity (Wildman–Crippen MR) is 78.4 cm³/mol. The first kappa shape index (κ1) is 15.4. The van der Waals surface area contributed by atoms with Crippen molar-refractivity contribution in [1.29, 1.82) is 0 Å². The second-order valence-corrected chi connectivity index (χ2v) is 4.66. The summed E-state index contributed by atoms with van der Waals surface area (Å²) in [6, 6.07) is 12.2. The van der Waals surface area contributed by atoms with Crippen LogP contribution >= 0.6 is 23.2 Å². The van der Waals surface area contributed by atoms with Crippen molar-refractivity contribution in [2.75, 3.05) is 0 Å². The fourth-order valence-corrected chi connectivity index (χ4v) is 1.70.